The van der Waals surface area contributed by atoms with Crippen molar-refractivity contribution in [3.63, 3.8) is 0 Å². The highest BCUT2D eigenvalue weighted by Crippen LogP contribution is 2.26. The first-order valence-corrected chi connectivity index (χ1v) is 10.7. The quantitative estimate of drug-likeness (QED) is 0.797. The van der Waals surface area contributed by atoms with Crippen LogP contribution in [0.2, 0.25) is 0 Å². The van der Waals surface area contributed by atoms with Gasteiger partial charge in [-0.1, -0.05) is 38.1 Å². The molecule has 2 heterocycles. The largest absolute Gasteiger partial charge is 0.331 e. The summed E-state index contributed by atoms with van der Waals surface area (Å²) in [6, 6.07) is 7.95. The highest BCUT2D eigenvalue weighted by molar-refractivity contribution is 7.14. The van der Waals surface area contributed by atoms with E-state index in [1.807, 2.05) is 12.3 Å². The Morgan fingerprint density at radius 2 is 2.00 bits per heavy atom. The average molecular weight is 386 g/mol. The summed E-state index contributed by atoms with van der Waals surface area (Å²) in [5.74, 6) is -0.0467. The van der Waals surface area contributed by atoms with Gasteiger partial charge in [-0.2, -0.15) is 0 Å². The van der Waals surface area contributed by atoms with E-state index >= 15 is 0 Å². The van der Waals surface area contributed by atoms with Gasteiger partial charge in [-0.25, -0.2) is 4.98 Å². The lowest BCUT2D eigenvalue weighted by Crippen LogP contribution is -2.49. The molecule has 2 amide bonds. The number of nitrogens with zero attached hydrogens (tertiary/aromatic N) is 2. The minimum absolute atomic E-state index is 0.0770. The maximum Gasteiger partial charge on any atom is 0.248 e. The van der Waals surface area contributed by atoms with Gasteiger partial charge in [0, 0.05) is 23.9 Å². The molecule has 3 rings (SSSR count). The van der Waals surface area contributed by atoms with Gasteiger partial charge in [0.15, 0.2) is 5.13 Å². The summed E-state index contributed by atoms with van der Waals surface area (Å²) < 4.78 is 0. The maximum absolute atomic E-state index is 12.8. The van der Waals surface area contributed by atoms with Crippen LogP contribution in [0.3, 0.4) is 0 Å². The molecular formula is C21H27N3O2S. The van der Waals surface area contributed by atoms with E-state index in [4.69, 9.17) is 0 Å². The van der Waals surface area contributed by atoms with Gasteiger partial charge in [0.25, 0.3) is 0 Å². The molecule has 5 nitrogen and oxygen atoms in total. The highest BCUT2D eigenvalue weighted by atomic mass is 32.1. The molecule has 0 bridgehead atoms. The standard InChI is InChI=1S/C21H27N3O2S/c1-3-7-19(25)24-13-6-5-8-18(24)20(26)23-21-22-17(14-27-21)16-11-9-15(4-2)10-12-16/h9-12,14,18H,3-8,13H2,1-2H3,(H,22,23,26). The fourth-order valence-electron chi connectivity index (χ4n) is 3.42. The summed E-state index contributed by atoms with van der Waals surface area (Å²) in [5, 5.41) is 5.47. The van der Waals surface area contributed by atoms with Crippen molar-refractivity contribution in [1.29, 1.82) is 0 Å². The van der Waals surface area contributed by atoms with Gasteiger partial charge in [-0.05, 0) is 37.7 Å². The molecule has 1 saturated heterocycles. The van der Waals surface area contributed by atoms with Crippen LogP contribution in [0, 0.1) is 0 Å². The van der Waals surface area contributed by atoms with Gasteiger partial charge >= 0.3 is 0 Å². The van der Waals surface area contributed by atoms with Crippen molar-refractivity contribution in [2.24, 2.45) is 0 Å². The number of aromatic nitrogens is 1. The molecule has 1 unspecified atom stereocenters. The van der Waals surface area contributed by atoms with E-state index in [1.54, 1.807) is 4.90 Å². The lowest BCUT2D eigenvalue weighted by Gasteiger charge is -2.34. The number of nitrogens with one attached hydrogen (secondary N) is 1. The number of hydrogen-bond donors (Lipinski definition) is 1. The van der Waals surface area contributed by atoms with Crippen molar-refractivity contribution < 1.29 is 9.59 Å². The van der Waals surface area contributed by atoms with Crippen molar-refractivity contribution in [3.8, 4) is 11.3 Å². The summed E-state index contributed by atoms with van der Waals surface area (Å²) >= 11 is 1.42. The third kappa shape index (κ3) is 4.75. The molecule has 1 aromatic carbocycles. The first-order chi connectivity index (χ1) is 13.1. The first-order valence-electron chi connectivity index (χ1n) is 9.77. The predicted octanol–water partition coefficient (Wildman–Crippen LogP) is 4.49. The van der Waals surface area contributed by atoms with Gasteiger partial charge in [0.05, 0.1) is 5.69 Å². The van der Waals surface area contributed by atoms with E-state index in [1.165, 1.54) is 16.9 Å². The van der Waals surface area contributed by atoms with Crippen LogP contribution in [0.5, 0.6) is 0 Å². The Morgan fingerprint density at radius 3 is 2.70 bits per heavy atom. The van der Waals surface area contributed by atoms with E-state index in [0.29, 0.717) is 18.1 Å². The average Bonchev–Trinajstić information content (AvgIpc) is 3.16. The number of hydrogen-bond acceptors (Lipinski definition) is 4. The molecule has 1 aliphatic heterocycles. The van der Waals surface area contributed by atoms with Crippen LogP contribution in [0.1, 0.15) is 51.5 Å². The van der Waals surface area contributed by atoms with Crippen molar-refractivity contribution in [2.75, 3.05) is 11.9 Å². The Labute approximate surface area is 164 Å². The smallest absolute Gasteiger partial charge is 0.248 e. The minimum atomic E-state index is -0.381. The van der Waals surface area contributed by atoms with Crippen LogP contribution in [0.4, 0.5) is 5.13 Å². The highest BCUT2D eigenvalue weighted by Gasteiger charge is 2.31. The number of rotatable bonds is 6. The normalized spacial score (nSPS) is 17.0. The fourth-order valence-corrected chi connectivity index (χ4v) is 4.15. The number of carbonyl (C=O) groups excluding carboxylic acids is 2. The Morgan fingerprint density at radius 1 is 1.22 bits per heavy atom. The Kier molecular flexibility index (Phi) is 6.61. The number of thiazole rings is 1. The second-order valence-electron chi connectivity index (χ2n) is 6.93. The maximum atomic E-state index is 12.8. The number of anilines is 1. The molecule has 0 radical (unpaired) electrons. The molecule has 1 atom stereocenters. The SMILES string of the molecule is CCCC(=O)N1CCCCC1C(=O)Nc1nc(-c2ccc(CC)cc2)cs1. The Balaban J connectivity index is 1.68. The number of amides is 2. The van der Waals surface area contributed by atoms with Gasteiger partial charge in [-0.3, -0.25) is 9.59 Å². The van der Waals surface area contributed by atoms with E-state index in [-0.39, 0.29) is 17.9 Å². The van der Waals surface area contributed by atoms with Gasteiger partial charge in [0.1, 0.15) is 6.04 Å². The molecule has 6 heteroatoms. The molecule has 1 N–H and O–H groups in total. The molecular weight excluding hydrogens is 358 g/mol. The number of likely N-dealkylation sites (tertiary alicyclic amines) is 1. The zero-order valence-electron chi connectivity index (χ0n) is 16.0. The zero-order chi connectivity index (χ0) is 19.2. The van der Waals surface area contributed by atoms with Gasteiger partial charge < -0.3 is 10.2 Å². The van der Waals surface area contributed by atoms with Crippen LogP contribution < -0.4 is 5.32 Å². The molecule has 144 valence electrons. The molecule has 1 aliphatic rings. The van der Waals surface area contributed by atoms with Crippen molar-refractivity contribution in [1.82, 2.24) is 9.88 Å². The lowest BCUT2D eigenvalue weighted by atomic mass is 10.0. The van der Waals surface area contributed by atoms with Crippen LogP contribution in [0.15, 0.2) is 29.6 Å². The summed E-state index contributed by atoms with van der Waals surface area (Å²) in [6.45, 7) is 4.79. The summed E-state index contributed by atoms with van der Waals surface area (Å²) in [7, 11) is 0. The minimum Gasteiger partial charge on any atom is -0.331 e. The van der Waals surface area contributed by atoms with E-state index in [0.717, 1.165) is 43.4 Å². The summed E-state index contributed by atoms with van der Waals surface area (Å²) in [6.07, 6.45) is 4.97. The monoisotopic (exact) mass is 385 g/mol. The summed E-state index contributed by atoms with van der Waals surface area (Å²) in [4.78, 5) is 31.4. The molecule has 0 saturated carbocycles. The number of piperidine rings is 1. The summed E-state index contributed by atoms with van der Waals surface area (Å²) in [5.41, 5.74) is 3.19. The molecule has 2 aromatic rings. The second kappa shape index (κ2) is 9.13. The van der Waals surface area contributed by atoms with Crippen LogP contribution >= 0.6 is 11.3 Å². The lowest BCUT2D eigenvalue weighted by molar-refractivity contribution is -0.140. The van der Waals surface area contributed by atoms with Crippen LogP contribution in [-0.4, -0.2) is 34.3 Å². The molecule has 1 aromatic heterocycles. The third-order valence-electron chi connectivity index (χ3n) is 4.98. The Hall–Kier alpha value is -2.21. The van der Waals surface area contributed by atoms with Crippen molar-refractivity contribution in [3.05, 3.63) is 35.2 Å². The van der Waals surface area contributed by atoms with E-state index in [2.05, 4.69) is 41.5 Å². The molecule has 0 spiro atoms. The van der Waals surface area contributed by atoms with Crippen molar-refractivity contribution >= 4 is 28.3 Å². The topological polar surface area (TPSA) is 62.3 Å². The first kappa shape index (κ1) is 19.5. The van der Waals surface area contributed by atoms with Crippen LogP contribution in [-0.2, 0) is 16.0 Å². The van der Waals surface area contributed by atoms with E-state index in [9.17, 15) is 9.59 Å². The van der Waals surface area contributed by atoms with Gasteiger partial charge in [-0.15, -0.1) is 11.3 Å². The zero-order valence-corrected chi connectivity index (χ0v) is 16.8. The Bertz CT molecular complexity index is 785. The predicted molar refractivity (Wildman–Crippen MR) is 110 cm³/mol. The molecule has 0 aliphatic carbocycles. The molecule has 27 heavy (non-hydrogen) atoms. The van der Waals surface area contributed by atoms with Crippen molar-refractivity contribution in [2.45, 2.75) is 58.4 Å². The second-order valence-corrected chi connectivity index (χ2v) is 7.78. The van der Waals surface area contributed by atoms with Gasteiger partial charge in [0.2, 0.25) is 11.8 Å². The number of aryl methyl sites for hydroxylation is 1. The molecule has 1 fully saturated rings. The number of carbonyl (C=O) groups is 2. The van der Waals surface area contributed by atoms with Crippen LogP contribution in [0.25, 0.3) is 11.3 Å². The van der Waals surface area contributed by atoms with E-state index < -0.39 is 0 Å². The number of benzene rings is 1. The fraction of sp³-hybridized carbons (Fsp3) is 0.476. The third-order valence-corrected chi connectivity index (χ3v) is 5.74.